The van der Waals surface area contributed by atoms with Crippen molar-refractivity contribution < 1.29 is 4.79 Å². The van der Waals surface area contributed by atoms with Gasteiger partial charge in [-0.2, -0.15) is 5.26 Å². The number of nitriles is 1. The number of allylic oxidation sites excluding steroid dienone is 1. The van der Waals surface area contributed by atoms with Gasteiger partial charge in [-0.1, -0.05) is 23.7 Å². The first kappa shape index (κ1) is 31.1. The van der Waals surface area contributed by atoms with Crippen molar-refractivity contribution in [2.45, 2.75) is 32.4 Å². The Morgan fingerprint density at radius 1 is 1.04 bits per heavy atom. The Labute approximate surface area is 281 Å². The van der Waals surface area contributed by atoms with Gasteiger partial charge in [-0.3, -0.25) is 14.8 Å². The molecule has 4 aromatic rings. The molecule has 2 saturated heterocycles. The number of nitrogens with one attached hydrogen (secondary N) is 1. The van der Waals surface area contributed by atoms with E-state index in [9.17, 15) is 10.1 Å². The van der Waals surface area contributed by atoms with Crippen LogP contribution < -0.4 is 10.2 Å². The number of nitrogens with zero attached hydrogens (tertiary/aromatic N) is 7. The first-order chi connectivity index (χ1) is 23.0. The number of hydrogen-bond acceptors (Lipinski definition) is 6. The van der Waals surface area contributed by atoms with E-state index >= 15 is 0 Å². The Bertz CT molecular complexity index is 1810. The summed E-state index contributed by atoms with van der Waals surface area (Å²) in [4.78, 5) is 30.0. The average Bonchev–Trinajstić information content (AvgIpc) is 3.46. The van der Waals surface area contributed by atoms with Crippen LogP contribution in [0.5, 0.6) is 0 Å². The van der Waals surface area contributed by atoms with E-state index in [1.165, 1.54) is 5.56 Å². The molecule has 2 amide bonds. The van der Waals surface area contributed by atoms with Gasteiger partial charge in [0.05, 0.1) is 23.4 Å². The van der Waals surface area contributed by atoms with Crippen molar-refractivity contribution in [2.24, 2.45) is 5.92 Å². The number of piperazine rings is 1. The smallest absolute Gasteiger partial charge is 0.324 e. The molecule has 2 aliphatic heterocycles. The minimum absolute atomic E-state index is 0.0270. The summed E-state index contributed by atoms with van der Waals surface area (Å²) < 4.78 is 2.15. The number of piperidine rings is 1. The number of pyridine rings is 1. The van der Waals surface area contributed by atoms with E-state index in [2.05, 4.69) is 50.1 Å². The van der Waals surface area contributed by atoms with Crippen molar-refractivity contribution in [3.05, 3.63) is 112 Å². The monoisotopic (exact) mass is 646 g/mol. The fourth-order valence-corrected chi connectivity index (χ4v) is 7.34. The van der Waals surface area contributed by atoms with Crippen LogP contribution >= 0.6 is 11.6 Å². The van der Waals surface area contributed by atoms with Gasteiger partial charge in [0.15, 0.2) is 0 Å². The summed E-state index contributed by atoms with van der Waals surface area (Å²) in [5.74, 6) is 1.39. The second-order valence-corrected chi connectivity index (χ2v) is 13.1. The van der Waals surface area contributed by atoms with Crippen LogP contribution in [0.2, 0.25) is 5.02 Å². The van der Waals surface area contributed by atoms with Gasteiger partial charge in [0.2, 0.25) is 0 Å². The normalized spacial score (nSPS) is 18.4. The van der Waals surface area contributed by atoms with E-state index in [1.807, 2.05) is 59.6 Å². The Kier molecular flexibility index (Phi) is 9.07. The van der Waals surface area contributed by atoms with E-state index in [4.69, 9.17) is 16.6 Å². The number of halogens is 1. The highest BCUT2D eigenvalue weighted by atomic mass is 35.5. The number of rotatable bonds is 6. The summed E-state index contributed by atoms with van der Waals surface area (Å²) >= 11 is 6.63. The molecule has 240 valence electrons. The number of aromatic nitrogens is 3. The van der Waals surface area contributed by atoms with Crippen LogP contribution in [0.4, 0.5) is 10.5 Å². The molecule has 1 N–H and O–H groups in total. The van der Waals surface area contributed by atoms with Gasteiger partial charge >= 0.3 is 6.03 Å². The molecule has 10 heteroatoms. The largest absolute Gasteiger partial charge is 0.331 e. The first-order valence-corrected chi connectivity index (χ1v) is 16.8. The van der Waals surface area contributed by atoms with Gasteiger partial charge in [0, 0.05) is 68.6 Å². The van der Waals surface area contributed by atoms with E-state index in [0.29, 0.717) is 55.8 Å². The maximum atomic E-state index is 14.2. The van der Waals surface area contributed by atoms with Crippen LogP contribution in [-0.4, -0.2) is 76.2 Å². The Morgan fingerprint density at radius 2 is 1.83 bits per heavy atom. The number of benzene rings is 2. The second kappa shape index (κ2) is 13.7. The van der Waals surface area contributed by atoms with Crippen LogP contribution in [0.15, 0.2) is 73.2 Å². The number of hydrogen-bond donors (Lipinski definition) is 1. The fourth-order valence-electron chi connectivity index (χ4n) is 7.17. The number of aryl methyl sites for hydroxylation is 1. The molecule has 7 rings (SSSR count). The third kappa shape index (κ3) is 6.54. The second-order valence-electron chi connectivity index (χ2n) is 12.7. The number of amides is 2. The first-order valence-electron chi connectivity index (χ1n) is 16.4. The zero-order valence-electron chi connectivity index (χ0n) is 26.6. The van der Waals surface area contributed by atoms with Crippen molar-refractivity contribution in [3.63, 3.8) is 0 Å². The van der Waals surface area contributed by atoms with E-state index < -0.39 is 0 Å². The Morgan fingerprint density at radius 3 is 2.55 bits per heavy atom. The maximum Gasteiger partial charge on any atom is 0.324 e. The SMILES string of the molecule is Cc1nccn1CC1=Cc2cccnc2C(N2CCN(C(=O)N(CC3CCNCC3)c3ccc(C#N)cc3)CC2)c2ccc(Cl)cc21. The van der Waals surface area contributed by atoms with Gasteiger partial charge in [0.25, 0.3) is 0 Å². The minimum atomic E-state index is -0.0854. The van der Waals surface area contributed by atoms with Crippen LogP contribution in [0, 0.1) is 24.2 Å². The summed E-state index contributed by atoms with van der Waals surface area (Å²) in [6, 6.07) is 19.9. The molecule has 47 heavy (non-hydrogen) atoms. The lowest BCUT2D eigenvalue weighted by Gasteiger charge is -2.42. The highest BCUT2D eigenvalue weighted by Gasteiger charge is 2.35. The van der Waals surface area contributed by atoms with Crippen molar-refractivity contribution in [2.75, 3.05) is 50.7 Å². The molecular weight excluding hydrogens is 608 g/mol. The predicted molar refractivity (Wildman–Crippen MR) is 185 cm³/mol. The number of anilines is 1. The third-order valence-corrected chi connectivity index (χ3v) is 10.0. The standard InChI is InChI=1S/C37H39ClN8O/c1-26-41-15-16-45(26)25-30-21-29-3-2-12-42-35(29)36(33-9-6-31(38)22-34(30)33)43-17-19-44(20-18-43)37(47)46(24-28-10-13-40-14-11-28)32-7-4-27(23-39)5-8-32/h2-9,12,15-16,21-22,28,36,40H,10-11,13-14,17-20,24-25H2,1H3. The molecule has 0 spiro atoms. The molecule has 1 atom stereocenters. The molecular formula is C37H39ClN8O. The van der Waals surface area contributed by atoms with Crippen molar-refractivity contribution in [1.82, 2.24) is 29.7 Å². The predicted octanol–water partition coefficient (Wildman–Crippen LogP) is 6.00. The zero-order valence-corrected chi connectivity index (χ0v) is 27.4. The molecule has 3 aliphatic rings. The summed E-state index contributed by atoms with van der Waals surface area (Å²) in [5, 5.41) is 13.5. The Hall–Kier alpha value is -4.49. The zero-order chi connectivity index (χ0) is 32.3. The molecule has 1 unspecified atom stereocenters. The van der Waals surface area contributed by atoms with Crippen LogP contribution in [-0.2, 0) is 6.54 Å². The van der Waals surface area contributed by atoms with Crippen LogP contribution in [0.3, 0.4) is 0 Å². The molecule has 0 saturated carbocycles. The highest BCUT2D eigenvalue weighted by Crippen LogP contribution is 2.41. The third-order valence-electron chi connectivity index (χ3n) is 9.77. The summed E-state index contributed by atoms with van der Waals surface area (Å²) in [7, 11) is 0. The molecule has 2 fully saturated rings. The molecule has 0 bridgehead atoms. The summed E-state index contributed by atoms with van der Waals surface area (Å²) in [6.07, 6.45) is 10.0. The molecule has 2 aromatic heterocycles. The van der Waals surface area contributed by atoms with Gasteiger partial charge in [-0.05, 0) is 110 Å². The number of carbonyl (C=O) groups is 1. The lowest BCUT2D eigenvalue weighted by molar-refractivity contribution is 0.121. The highest BCUT2D eigenvalue weighted by molar-refractivity contribution is 6.30. The van der Waals surface area contributed by atoms with Gasteiger partial charge in [0.1, 0.15) is 5.82 Å². The average molecular weight is 647 g/mol. The van der Waals surface area contributed by atoms with Crippen molar-refractivity contribution >= 4 is 35.0 Å². The van der Waals surface area contributed by atoms with E-state index in [0.717, 1.165) is 59.8 Å². The van der Waals surface area contributed by atoms with E-state index in [1.54, 1.807) is 12.1 Å². The maximum absolute atomic E-state index is 14.2. The van der Waals surface area contributed by atoms with E-state index in [-0.39, 0.29) is 12.1 Å². The fraction of sp³-hybridized carbons (Fsp3) is 0.351. The minimum Gasteiger partial charge on any atom is -0.331 e. The van der Waals surface area contributed by atoms with Gasteiger partial charge in [-0.15, -0.1) is 0 Å². The lowest BCUT2D eigenvalue weighted by Crippen LogP contribution is -2.54. The molecule has 4 heterocycles. The van der Waals surface area contributed by atoms with Gasteiger partial charge in [-0.25, -0.2) is 9.78 Å². The molecule has 2 aromatic carbocycles. The quantitative estimate of drug-likeness (QED) is 0.276. The summed E-state index contributed by atoms with van der Waals surface area (Å²) in [5.41, 5.74) is 6.97. The van der Waals surface area contributed by atoms with Crippen molar-refractivity contribution in [1.29, 1.82) is 5.26 Å². The molecule has 1 aliphatic carbocycles. The lowest BCUT2D eigenvalue weighted by atomic mass is 9.93. The van der Waals surface area contributed by atoms with Crippen molar-refractivity contribution in [3.8, 4) is 6.07 Å². The number of imidazole rings is 1. The summed E-state index contributed by atoms with van der Waals surface area (Å²) in [6.45, 7) is 7.93. The number of urea groups is 1. The van der Waals surface area contributed by atoms with Crippen LogP contribution in [0.1, 0.15) is 52.7 Å². The topological polar surface area (TPSA) is 93.3 Å². The number of carbonyl (C=O) groups excluding carboxylic acids is 1. The molecule has 0 radical (unpaired) electrons. The molecule has 9 nitrogen and oxygen atoms in total. The van der Waals surface area contributed by atoms with Crippen LogP contribution in [0.25, 0.3) is 11.6 Å². The number of fused-ring (bicyclic) bond motifs is 2. The van der Waals surface area contributed by atoms with Gasteiger partial charge < -0.3 is 14.8 Å². The Balaban J connectivity index is 1.16.